The van der Waals surface area contributed by atoms with Crippen molar-refractivity contribution in [3.8, 4) is 11.8 Å². The van der Waals surface area contributed by atoms with Crippen molar-refractivity contribution in [2.45, 2.75) is 24.5 Å². The highest BCUT2D eigenvalue weighted by atomic mass is 35.5. The fraction of sp³-hybridized carbons (Fsp3) is 0.167. The Morgan fingerprint density at radius 2 is 1.76 bits per heavy atom. The molecule has 0 bridgehead atoms. The number of anilines is 1. The molecule has 0 spiro atoms. The van der Waals surface area contributed by atoms with Gasteiger partial charge in [0.25, 0.3) is 10.0 Å². The summed E-state index contributed by atoms with van der Waals surface area (Å²) < 4.78 is 38.9. The van der Waals surface area contributed by atoms with Crippen LogP contribution in [0.15, 0.2) is 77.7 Å². The second-order valence-corrected chi connectivity index (χ2v) is 9.26. The number of carbonyl (C=O) groups is 1. The van der Waals surface area contributed by atoms with Crippen LogP contribution in [0, 0.1) is 11.3 Å². The molecule has 0 aromatic heterocycles. The number of sulfonamides is 1. The third kappa shape index (κ3) is 5.64. The van der Waals surface area contributed by atoms with Crippen molar-refractivity contribution >= 4 is 33.3 Å². The lowest BCUT2D eigenvalue weighted by Crippen LogP contribution is -2.31. The summed E-state index contributed by atoms with van der Waals surface area (Å²) in [6.45, 7) is 1.45. The molecule has 0 amide bonds. The molecule has 0 aliphatic rings. The summed E-state index contributed by atoms with van der Waals surface area (Å²) in [6.07, 6.45) is -0.984. The second-order valence-electron chi connectivity index (χ2n) is 7.02. The van der Waals surface area contributed by atoms with E-state index in [0.29, 0.717) is 11.4 Å². The topological polar surface area (TPSA) is 96.7 Å². The maximum atomic E-state index is 13.8. The van der Waals surface area contributed by atoms with Crippen LogP contribution in [-0.4, -0.2) is 27.6 Å². The molecule has 0 aliphatic heterocycles. The van der Waals surface area contributed by atoms with Gasteiger partial charge in [0.15, 0.2) is 6.10 Å². The standard InChI is InChI=1S/C24H21ClN2O5S/c1-17(15-26)32-24(28)19-8-13-22(25)23(14-19)33(29,30)27(16-18-6-4-3-5-7-18)20-9-11-21(31-2)12-10-20/h3-14,17H,16H2,1-2H3. The van der Waals surface area contributed by atoms with Crippen LogP contribution in [0.5, 0.6) is 5.75 Å². The summed E-state index contributed by atoms with van der Waals surface area (Å²) in [4.78, 5) is 12.1. The van der Waals surface area contributed by atoms with Crippen LogP contribution in [0.3, 0.4) is 0 Å². The molecule has 0 radical (unpaired) electrons. The highest BCUT2D eigenvalue weighted by Crippen LogP contribution is 2.32. The number of carbonyl (C=O) groups excluding carboxylic acids is 1. The number of hydrogen-bond acceptors (Lipinski definition) is 6. The lowest BCUT2D eigenvalue weighted by molar-refractivity contribution is 0.0435. The Morgan fingerprint density at radius 1 is 1.09 bits per heavy atom. The fourth-order valence-electron chi connectivity index (χ4n) is 3.01. The zero-order chi connectivity index (χ0) is 24.0. The van der Waals surface area contributed by atoms with Crippen LogP contribution >= 0.6 is 11.6 Å². The number of nitriles is 1. The summed E-state index contributed by atoms with van der Waals surface area (Å²) in [5, 5.41) is 8.83. The van der Waals surface area contributed by atoms with Crippen LogP contribution in [0.4, 0.5) is 5.69 Å². The maximum absolute atomic E-state index is 13.8. The lowest BCUT2D eigenvalue weighted by Gasteiger charge is -2.25. The number of rotatable bonds is 8. The van der Waals surface area contributed by atoms with Crippen molar-refractivity contribution in [1.82, 2.24) is 0 Å². The minimum Gasteiger partial charge on any atom is -0.497 e. The molecule has 1 unspecified atom stereocenters. The molecule has 0 saturated carbocycles. The molecule has 3 rings (SSSR count). The molecule has 0 N–H and O–H groups in total. The van der Waals surface area contributed by atoms with Crippen molar-refractivity contribution < 1.29 is 22.7 Å². The van der Waals surface area contributed by atoms with E-state index in [1.54, 1.807) is 30.3 Å². The summed E-state index contributed by atoms with van der Waals surface area (Å²) in [5.74, 6) is -0.249. The van der Waals surface area contributed by atoms with Gasteiger partial charge in [-0.3, -0.25) is 4.31 Å². The van der Waals surface area contributed by atoms with Crippen LogP contribution < -0.4 is 9.04 Å². The predicted octanol–water partition coefficient (Wildman–Crippen LogP) is 4.81. The van der Waals surface area contributed by atoms with Gasteiger partial charge in [-0.2, -0.15) is 5.26 Å². The number of benzene rings is 3. The van der Waals surface area contributed by atoms with Gasteiger partial charge in [0.05, 0.1) is 29.9 Å². The van der Waals surface area contributed by atoms with Crippen molar-refractivity contribution in [2.24, 2.45) is 0 Å². The Morgan fingerprint density at radius 3 is 2.36 bits per heavy atom. The molecule has 9 heteroatoms. The summed E-state index contributed by atoms with van der Waals surface area (Å²) in [7, 11) is -2.69. The summed E-state index contributed by atoms with van der Waals surface area (Å²) in [5.41, 5.74) is 1.11. The van der Waals surface area contributed by atoms with Crippen LogP contribution in [0.25, 0.3) is 0 Å². The van der Waals surface area contributed by atoms with Crippen LogP contribution in [0.2, 0.25) is 5.02 Å². The average molecular weight is 485 g/mol. The summed E-state index contributed by atoms with van der Waals surface area (Å²) >= 11 is 6.27. The molecule has 170 valence electrons. The Bertz CT molecular complexity index is 1270. The van der Waals surface area contributed by atoms with E-state index in [-0.39, 0.29) is 22.0 Å². The molecule has 0 fully saturated rings. The first-order chi connectivity index (χ1) is 15.8. The number of halogens is 1. The molecular formula is C24H21ClN2O5S. The molecule has 0 saturated heterocycles. The van der Waals surface area contributed by atoms with E-state index in [0.717, 1.165) is 11.6 Å². The molecular weight excluding hydrogens is 464 g/mol. The van der Waals surface area contributed by atoms with Crippen LogP contribution in [0.1, 0.15) is 22.8 Å². The number of nitrogens with zero attached hydrogens (tertiary/aromatic N) is 2. The van der Waals surface area contributed by atoms with E-state index in [9.17, 15) is 13.2 Å². The van der Waals surface area contributed by atoms with Gasteiger partial charge in [-0.25, -0.2) is 13.2 Å². The highest BCUT2D eigenvalue weighted by Gasteiger charge is 2.29. The van der Waals surface area contributed by atoms with E-state index < -0.39 is 22.1 Å². The van der Waals surface area contributed by atoms with Crippen molar-refractivity contribution in [2.75, 3.05) is 11.4 Å². The van der Waals surface area contributed by atoms with E-state index in [2.05, 4.69) is 0 Å². The number of methoxy groups -OCH3 is 1. The quantitative estimate of drug-likeness (QED) is 0.425. The Labute approximate surface area is 197 Å². The third-order valence-electron chi connectivity index (χ3n) is 4.73. The van der Waals surface area contributed by atoms with Crippen molar-refractivity contribution in [3.05, 3.63) is 88.9 Å². The fourth-order valence-corrected chi connectivity index (χ4v) is 4.97. The number of hydrogen-bond donors (Lipinski definition) is 0. The lowest BCUT2D eigenvalue weighted by atomic mass is 10.2. The van der Waals surface area contributed by atoms with Gasteiger partial charge in [-0.1, -0.05) is 41.9 Å². The molecule has 1 atom stereocenters. The van der Waals surface area contributed by atoms with E-state index in [1.807, 2.05) is 30.3 Å². The Kier molecular flexibility index (Phi) is 7.59. The SMILES string of the molecule is COc1ccc(N(Cc2ccccc2)S(=O)(=O)c2cc(C(=O)OC(C)C#N)ccc2Cl)cc1. The Hall–Kier alpha value is -3.54. The first-order valence-corrected chi connectivity index (χ1v) is 11.7. The zero-order valence-corrected chi connectivity index (χ0v) is 19.5. The van der Waals surface area contributed by atoms with Gasteiger partial charge in [0, 0.05) is 0 Å². The van der Waals surface area contributed by atoms with E-state index in [1.165, 1.54) is 30.5 Å². The highest BCUT2D eigenvalue weighted by molar-refractivity contribution is 7.93. The van der Waals surface area contributed by atoms with E-state index in [4.69, 9.17) is 26.3 Å². The molecule has 0 heterocycles. The largest absolute Gasteiger partial charge is 0.497 e. The zero-order valence-electron chi connectivity index (χ0n) is 17.9. The van der Waals surface area contributed by atoms with Crippen LogP contribution in [-0.2, 0) is 21.3 Å². The molecule has 7 nitrogen and oxygen atoms in total. The summed E-state index contributed by atoms with van der Waals surface area (Å²) in [6, 6.07) is 21.3. The normalized spacial score (nSPS) is 11.8. The van der Waals surface area contributed by atoms with Crippen molar-refractivity contribution in [1.29, 1.82) is 5.26 Å². The average Bonchev–Trinajstić information content (AvgIpc) is 2.83. The number of ether oxygens (including phenoxy) is 2. The first-order valence-electron chi connectivity index (χ1n) is 9.87. The minimum atomic E-state index is -4.20. The van der Waals surface area contributed by atoms with Crippen molar-refractivity contribution in [3.63, 3.8) is 0 Å². The monoisotopic (exact) mass is 484 g/mol. The Balaban J connectivity index is 2.08. The van der Waals surface area contributed by atoms with Gasteiger partial charge < -0.3 is 9.47 Å². The van der Waals surface area contributed by atoms with Gasteiger partial charge in [0.1, 0.15) is 16.7 Å². The number of esters is 1. The van der Waals surface area contributed by atoms with Gasteiger partial charge >= 0.3 is 5.97 Å². The molecule has 33 heavy (non-hydrogen) atoms. The smallest absolute Gasteiger partial charge is 0.339 e. The molecule has 0 aliphatic carbocycles. The van der Waals surface area contributed by atoms with Gasteiger partial charge in [-0.15, -0.1) is 0 Å². The van der Waals surface area contributed by atoms with Gasteiger partial charge in [0.2, 0.25) is 0 Å². The van der Waals surface area contributed by atoms with Gasteiger partial charge in [-0.05, 0) is 55.0 Å². The van der Waals surface area contributed by atoms with E-state index >= 15 is 0 Å². The maximum Gasteiger partial charge on any atom is 0.339 e. The molecule has 3 aromatic rings. The minimum absolute atomic E-state index is 0.0329. The second kappa shape index (κ2) is 10.4. The third-order valence-corrected chi connectivity index (χ3v) is 6.99. The predicted molar refractivity (Wildman–Crippen MR) is 125 cm³/mol. The first kappa shape index (κ1) is 24.1. The molecule has 3 aromatic carbocycles.